The Kier molecular flexibility index (Phi) is 6.43. The van der Waals surface area contributed by atoms with Gasteiger partial charge in [0, 0.05) is 6.07 Å². The quantitative estimate of drug-likeness (QED) is 0.246. The van der Waals surface area contributed by atoms with Crippen molar-refractivity contribution in [3.63, 3.8) is 0 Å². The number of fused-ring (bicyclic) bond motifs is 1. The largest absolute Gasteiger partial charge is 0.493 e. The van der Waals surface area contributed by atoms with Gasteiger partial charge in [0.2, 0.25) is 0 Å². The summed E-state index contributed by atoms with van der Waals surface area (Å²) in [6, 6.07) is 17.2. The number of nitro benzene ring substituents is 1. The van der Waals surface area contributed by atoms with Crippen LogP contribution >= 0.6 is 22.9 Å². The Balaban J connectivity index is 1.87. The van der Waals surface area contributed by atoms with Crippen molar-refractivity contribution >= 4 is 49.9 Å². The summed E-state index contributed by atoms with van der Waals surface area (Å²) in [7, 11) is 2.77. The highest BCUT2D eigenvalue weighted by Crippen LogP contribution is 2.38. The predicted octanol–water partition coefficient (Wildman–Crippen LogP) is 5.72. The fraction of sp³-hybridized carbons (Fsp3) is 0.130. The molecule has 0 aliphatic carbocycles. The van der Waals surface area contributed by atoms with Crippen LogP contribution in [0.4, 0.5) is 10.8 Å². The van der Waals surface area contributed by atoms with Gasteiger partial charge in [-0.25, -0.2) is 4.98 Å². The van der Waals surface area contributed by atoms with Crippen molar-refractivity contribution in [1.29, 1.82) is 0 Å². The molecule has 4 aromatic rings. The maximum atomic E-state index is 13.8. The topological polar surface area (TPSA) is 94.8 Å². The Morgan fingerprint density at radius 1 is 1.09 bits per heavy atom. The molecule has 0 saturated carbocycles. The third-order valence-electron chi connectivity index (χ3n) is 4.95. The van der Waals surface area contributed by atoms with Crippen molar-refractivity contribution in [3.8, 4) is 11.5 Å². The minimum Gasteiger partial charge on any atom is -0.493 e. The van der Waals surface area contributed by atoms with Crippen molar-refractivity contribution in [2.45, 2.75) is 6.54 Å². The number of halogens is 1. The van der Waals surface area contributed by atoms with Crippen LogP contribution in [0.15, 0.2) is 60.7 Å². The monoisotopic (exact) mass is 483 g/mol. The van der Waals surface area contributed by atoms with Crippen molar-refractivity contribution in [2.75, 3.05) is 19.1 Å². The minimum atomic E-state index is -0.620. The van der Waals surface area contributed by atoms with Crippen LogP contribution in [-0.4, -0.2) is 30.0 Å². The van der Waals surface area contributed by atoms with Crippen LogP contribution in [0.25, 0.3) is 10.2 Å². The minimum absolute atomic E-state index is 0.140. The van der Waals surface area contributed by atoms with Crippen molar-refractivity contribution in [3.05, 3.63) is 86.9 Å². The zero-order valence-electron chi connectivity index (χ0n) is 17.6. The molecule has 0 radical (unpaired) electrons. The molecular formula is C23H18ClN3O5S. The van der Waals surface area contributed by atoms with Gasteiger partial charge < -0.3 is 9.47 Å². The van der Waals surface area contributed by atoms with Gasteiger partial charge in [0.15, 0.2) is 16.6 Å². The lowest BCUT2D eigenvalue weighted by atomic mass is 10.1. The molecule has 1 aromatic heterocycles. The number of methoxy groups -OCH3 is 2. The van der Waals surface area contributed by atoms with Gasteiger partial charge in [0.05, 0.1) is 41.5 Å². The van der Waals surface area contributed by atoms with Crippen molar-refractivity contribution in [1.82, 2.24) is 4.98 Å². The number of benzene rings is 3. The molecule has 0 unspecified atom stereocenters. The van der Waals surface area contributed by atoms with Gasteiger partial charge in [-0.3, -0.25) is 19.8 Å². The first-order valence-electron chi connectivity index (χ1n) is 9.74. The molecule has 1 heterocycles. The Hall–Kier alpha value is -3.69. The van der Waals surface area contributed by atoms with E-state index in [1.54, 1.807) is 12.1 Å². The number of carbonyl (C=O) groups is 1. The SMILES string of the molecule is COc1cc(C(=O)N(Cc2ccccc2)c2nc3c(Cl)cccc3s2)c([N+](=O)[O-])cc1OC. The molecule has 3 aromatic carbocycles. The van der Waals surface area contributed by atoms with Crippen LogP contribution in [0.3, 0.4) is 0 Å². The number of aromatic nitrogens is 1. The second kappa shape index (κ2) is 9.43. The number of para-hydroxylation sites is 1. The first-order valence-corrected chi connectivity index (χ1v) is 10.9. The number of nitro groups is 1. The van der Waals surface area contributed by atoms with Gasteiger partial charge in [0.1, 0.15) is 11.1 Å². The molecule has 0 saturated heterocycles. The molecule has 168 valence electrons. The molecule has 0 fully saturated rings. The molecule has 33 heavy (non-hydrogen) atoms. The Labute approximate surface area is 198 Å². The Morgan fingerprint density at radius 3 is 2.42 bits per heavy atom. The summed E-state index contributed by atoms with van der Waals surface area (Å²) in [5, 5.41) is 12.6. The molecule has 0 N–H and O–H groups in total. The van der Waals surface area contributed by atoms with Gasteiger partial charge in [-0.2, -0.15) is 0 Å². The Morgan fingerprint density at radius 2 is 1.79 bits per heavy atom. The summed E-state index contributed by atoms with van der Waals surface area (Å²) in [6.07, 6.45) is 0. The van der Waals surface area contributed by atoms with E-state index in [1.807, 2.05) is 36.4 Å². The summed E-state index contributed by atoms with van der Waals surface area (Å²) >= 11 is 7.57. The highest BCUT2D eigenvalue weighted by Gasteiger charge is 2.30. The summed E-state index contributed by atoms with van der Waals surface area (Å²) in [4.78, 5) is 30.9. The molecule has 0 aliphatic rings. The summed E-state index contributed by atoms with van der Waals surface area (Å²) in [5.74, 6) is -0.234. The van der Waals surface area contributed by atoms with Crippen LogP contribution in [0.5, 0.6) is 11.5 Å². The summed E-state index contributed by atoms with van der Waals surface area (Å²) in [5.41, 5.74) is 0.861. The van der Waals surface area contributed by atoms with Crippen LogP contribution in [-0.2, 0) is 6.54 Å². The molecule has 0 bridgehead atoms. The number of hydrogen-bond acceptors (Lipinski definition) is 7. The van der Waals surface area contributed by atoms with Gasteiger partial charge in [-0.15, -0.1) is 0 Å². The van der Waals surface area contributed by atoms with Gasteiger partial charge >= 0.3 is 0 Å². The number of amides is 1. The number of rotatable bonds is 7. The molecule has 0 spiro atoms. The fourth-order valence-electron chi connectivity index (χ4n) is 3.35. The molecular weight excluding hydrogens is 466 g/mol. The van der Waals surface area contributed by atoms with Crippen molar-refractivity contribution in [2.24, 2.45) is 0 Å². The fourth-order valence-corrected chi connectivity index (χ4v) is 4.61. The standard InChI is InChI=1S/C23H18ClN3O5S/c1-31-18-11-15(17(27(29)30)12-19(18)32-2)22(28)26(13-14-7-4-3-5-8-14)23-25-21-16(24)9-6-10-20(21)33-23/h3-12H,13H2,1-2H3. The van der Waals surface area contributed by atoms with E-state index in [2.05, 4.69) is 4.98 Å². The van der Waals surface area contributed by atoms with Crippen LogP contribution in [0, 0.1) is 10.1 Å². The maximum absolute atomic E-state index is 13.8. The molecule has 10 heteroatoms. The van der Waals surface area contributed by atoms with E-state index in [9.17, 15) is 14.9 Å². The average molecular weight is 484 g/mol. The first-order chi connectivity index (χ1) is 15.9. The number of ether oxygens (including phenoxy) is 2. The summed E-state index contributed by atoms with van der Waals surface area (Å²) < 4.78 is 11.3. The van der Waals surface area contributed by atoms with E-state index in [0.29, 0.717) is 15.7 Å². The number of carbonyl (C=O) groups excluding carboxylic acids is 1. The van der Waals surface area contributed by atoms with Crippen molar-refractivity contribution < 1.29 is 19.2 Å². The van der Waals surface area contributed by atoms with E-state index in [0.717, 1.165) is 10.3 Å². The maximum Gasteiger partial charge on any atom is 0.286 e. The van der Waals surface area contributed by atoms with E-state index in [1.165, 1.54) is 42.6 Å². The summed E-state index contributed by atoms with van der Waals surface area (Å²) in [6.45, 7) is 0.155. The smallest absolute Gasteiger partial charge is 0.286 e. The van der Waals surface area contributed by atoms with E-state index < -0.39 is 16.5 Å². The molecule has 0 aliphatic heterocycles. The zero-order valence-corrected chi connectivity index (χ0v) is 19.2. The molecule has 0 atom stereocenters. The number of thiazole rings is 1. The first kappa shape index (κ1) is 22.5. The highest BCUT2D eigenvalue weighted by molar-refractivity contribution is 7.22. The highest BCUT2D eigenvalue weighted by atomic mass is 35.5. The van der Waals surface area contributed by atoms with Crippen LogP contribution in [0.2, 0.25) is 5.02 Å². The van der Waals surface area contributed by atoms with Gasteiger partial charge in [0.25, 0.3) is 11.6 Å². The lowest BCUT2D eigenvalue weighted by Crippen LogP contribution is -2.31. The van der Waals surface area contributed by atoms with Crippen LogP contribution in [0.1, 0.15) is 15.9 Å². The molecule has 4 rings (SSSR count). The number of nitrogens with zero attached hydrogens (tertiary/aromatic N) is 3. The molecule has 1 amide bonds. The lowest BCUT2D eigenvalue weighted by Gasteiger charge is -2.21. The predicted molar refractivity (Wildman–Crippen MR) is 128 cm³/mol. The second-order valence-corrected chi connectivity index (χ2v) is 8.36. The lowest BCUT2D eigenvalue weighted by molar-refractivity contribution is -0.385. The number of anilines is 1. The van der Waals surface area contributed by atoms with E-state index in [4.69, 9.17) is 21.1 Å². The number of hydrogen-bond donors (Lipinski definition) is 0. The van der Waals surface area contributed by atoms with E-state index in [-0.39, 0.29) is 23.6 Å². The van der Waals surface area contributed by atoms with Crippen LogP contribution < -0.4 is 14.4 Å². The second-order valence-electron chi connectivity index (χ2n) is 6.94. The van der Waals surface area contributed by atoms with Gasteiger partial charge in [-0.05, 0) is 17.7 Å². The zero-order chi connectivity index (χ0) is 23.5. The third kappa shape index (κ3) is 4.46. The Bertz CT molecular complexity index is 1340. The third-order valence-corrected chi connectivity index (χ3v) is 6.30. The molecule has 8 nitrogen and oxygen atoms in total. The average Bonchev–Trinajstić information content (AvgIpc) is 3.27. The normalized spacial score (nSPS) is 10.8. The van der Waals surface area contributed by atoms with Gasteiger partial charge in [-0.1, -0.05) is 59.3 Å². The van der Waals surface area contributed by atoms with E-state index >= 15 is 0 Å².